The largest absolute Gasteiger partial charge is 0.317 e. The Balaban J connectivity index is 2.63. The first-order valence-electron chi connectivity index (χ1n) is 7.69. The molecule has 0 aromatic rings. The molecule has 1 saturated carbocycles. The van der Waals surface area contributed by atoms with Crippen molar-refractivity contribution in [1.82, 2.24) is 5.32 Å². The fourth-order valence-corrected chi connectivity index (χ4v) is 3.41. The molecular formula is C17H33N. The molecule has 3 atom stereocenters. The Morgan fingerprint density at radius 2 is 1.89 bits per heavy atom. The molecule has 1 N–H and O–H groups in total. The van der Waals surface area contributed by atoms with Crippen LogP contribution in [0.1, 0.15) is 60.3 Å². The summed E-state index contributed by atoms with van der Waals surface area (Å²) in [6, 6.07) is 0. The van der Waals surface area contributed by atoms with E-state index >= 15 is 0 Å². The zero-order valence-corrected chi connectivity index (χ0v) is 13.2. The second-order valence-electron chi connectivity index (χ2n) is 7.37. The van der Waals surface area contributed by atoms with Gasteiger partial charge in [-0.05, 0) is 68.9 Å². The molecule has 0 amide bonds. The van der Waals surface area contributed by atoms with Crippen LogP contribution < -0.4 is 5.32 Å². The zero-order chi connectivity index (χ0) is 13.8. The number of hydrogen-bond donors (Lipinski definition) is 1. The SMILES string of the molecule is C=C(C)CC1CC(C(C)(C)C)CCC1CNCC. The molecule has 0 saturated heterocycles. The van der Waals surface area contributed by atoms with Crippen LogP contribution in [0.2, 0.25) is 0 Å². The van der Waals surface area contributed by atoms with Crippen LogP contribution in [0.15, 0.2) is 12.2 Å². The van der Waals surface area contributed by atoms with Crippen LogP contribution in [0.5, 0.6) is 0 Å². The van der Waals surface area contributed by atoms with Crippen molar-refractivity contribution in [3.8, 4) is 0 Å². The highest BCUT2D eigenvalue weighted by Crippen LogP contribution is 2.44. The van der Waals surface area contributed by atoms with Gasteiger partial charge in [-0.1, -0.05) is 33.3 Å². The van der Waals surface area contributed by atoms with E-state index in [1.807, 2.05) is 0 Å². The van der Waals surface area contributed by atoms with E-state index in [-0.39, 0.29) is 0 Å². The molecule has 0 radical (unpaired) electrons. The van der Waals surface area contributed by atoms with E-state index in [9.17, 15) is 0 Å². The highest BCUT2D eigenvalue weighted by atomic mass is 14.8. The topological polar surface area (TPSA) is 12.0 Å². The van der Waals surface area contributed by atoms with Crippen LogP contribution in [-0.4, -0.2) is 13.1 Å². The summed E-state index contributed by atoms with van der Waals surface area (Å²) >= 11 is 0. The van der Waals surface area contributed by atoms with Gasteiger partial charge in [0, 0.05) is 0 Å². The van der Waals surface area contributed by atoms with Gasteiger partial charge in [0.05, 0.1) is 0 Å². The van der Waals surface area contributed by atoms with Crippen LogP contribution >= 0.6 is 0 Å². The molecule has 106 valence electrons. The van der Waals surface area contributed by atoms with Crippen LogP contribution in [0.25, 0.3) is 0 Å². The Morgan fingerprint density at radius 1 is 1.22 bits per heavy atom. The molecule has 3 unspecified atom stereocenters. The fraction of sp³-hybridized carbons (Fsp3) is 0.882. The summed E-state index contributed by atoms with van der Waals surface area (Å²) in [5, 5.41) is 3.55. The third kappa shape index (κ3) is 4.76. The van der Waals surface area contributed by atoms with Gasteiger partial charge < -0.3 is 5.32 Å². The van der Waals surface area contributed by atoms with Gasteiger partial charge in [0.15, 0.2) is 0 Å². The van der Waals surface area contributed by atoms with Gasteiger partial charge in [-0.3, -0.25) is 0 Å². The summed E-state index contributed by atoms with van der Waals surface area (Å²) in [4.78, 5) is 0. The zero-order valence-electron chi connectivity index (χ0n) is 13.2. The maximum absolute atomic E-state index is 4.13. The van der Waals surface area contributed by atoms with E-state index in [2.05, 4.69) is 46.5 Å². The summed E-state index contributed by atoms with van der Waals surface area (Å²) in [7, 11) is 0. The highest BCUT2D eigenvalue weighted by Gasteiger charge is 2.35. The molecule has 1 fully saturated rings. The van der Waals surface area contributed by atoms with Crippen molar-refractivity contribution in [2.45, 2.75) is 60.3 Å². The average molecular weight is 251 g/mol. The first-order valence-corrected chi connectivity index (χ1v) is 7.69. The minimum atomic E-state index is 0.469. The van der Waals surface area contributed by atoms with Gasteiger partial charge in [-0.15, -0.1) is 6.58 Å². The van der Waals surface area contributed by atoms with Crippen LogP contribution in [0, 0.1) is 23.2 Å². The lowest BCUT2D eigenvalue weighted by Gasteiger charge is -2.42. The summed E-state index contributed by atoms with van der Waals surface area (Å²) in [5.74, 6) is 2.60. The molecule has 0 heterocycles. The molecule has 1 heteroatoms. The molecule has 0 aromatic heterocycles. The summed E-state index contributed by atoms with van der Waals surface area (Å²) in [6.07, 6.45) is 5.42. The maximum Gasteiger partial charge on any atom is -0.00179 e. The van der Waals surface area contributed by atoms with Crippen molar-refractivity contribution < 1.29 is 0 Å². The van der Waals surface area contributed by atoms with E-state index in [1.165, 1.54) is 37.8 Å². The first kappa shape index (κ1) is 15.8. The molecule has 1 aliphatic rings. The molecule has 0 spiro atoms. The summed E-state index contributed by atoms with van der Waals surface area (Å²) < 4.78 is 0. The number of nitrogens with one attached hydrogen (secondary N) is 1. The van der Waals surface area contributed by atoms with Crippen molar-refractivity contribution in [2.75, 3.05) is 13.1 Å². The lowest BCUT2D eigenvalue weighted by atomic mass is 9.64. The van der Waals surface area contributed by atoms with Crippen LogP contribution in [0.3, 0.4) is 0 Å². The van der Waals surface area contributed by atoms with Gasteiger partial charge in [-0.2, -0.15) is 0 Å². The number of hydrogen-bond acceptors (Lipinski definition) is 1. The Kier molecular flexibility index (Phi) is 5.91. The van der Waals surface area contributed by atoms with Gasteiger partial charge in [0.25, 0.3) is 0 Å². The van der Waals surface area contributed by atoms with E-state index in [1.54, 1.807) is 0 Å². The first-order chi connectivity index (χ1) is 8.34. The number of rotatable bonds is 5. The second-order valence-corrected chi connectivity index (χ2v) is 7.37. The van der Waals surface area contributed by atoms with Gasteiger partial charge in [0.1, 0.15) is 0 Å². The van der Waals surface area contributed by atoms with E-state index in [0.717, 1.165) is 24.3 Å². The molecular weight excluding hydrogens is 218 g/mol. The molecule has 18 heavy (non-hydrogen) atoms. The third-order valence-electron chi connectivity index (χ3n) is 4.63. The average Bonchev–Trinajstić information content (AvgIpc) is 2.25. The predicted octanol–water partition coefficient (Wildman–Crippen LogP) is 4.64. The predicted molar refractivity (Wildman–Crippen MR) is 81.8 cm³/mol. The second kappa shape index (κ2) is 6.75. The minimum Gasteiger partial charge on any atom is -0.317 e. The Hall–Kier alpha value is -0.300. The van der Waals surface area contributed by atoms with Crippen molar-refractivity contribution >= 4 is 0 Å². The van der Waals surface area contributed by atoms with Crippen LogP contribution in [-0.2, 0) is 0 Å². The Morgan fingerprint density at radius 3 is 2.39 bits per heavy atom. The highest BCUT2D eigenvalue weighted by molar-refractivity contribution is 4.96. The lowest BCUT2D eigenvalue weighted by Crippen LogP contribution is -2.36. The molecule has 1 nitrogen and oxygen atoms in total. The third-order valence-corrected chi connectivity index (χ3v) is 4.63. The molecule has 0 aliphatic heterocycles. The van der Waals surface area contributed by atoms with Crippen LogP contribution in [0.4, 0.5) is 0 Å². The van der Waals surface area contributed by atoms with Crippen molar-refractivity contribution in [3.05, 3.63) is 12.2 Å². The van der Waals surface area contributed by atoms with Gasteiger partial charge >= 0.3 is 0 Å². The van der Waals surface area contributed by atoms with Crippen molar-refractivity contribution in [1.29, 1.82) is 0 Å². The Bertz CT molecular complexity index is 261. The van der Waals surface area contributed by atoms with Gasteiger partial charge in [0.2, 0.25) is 0 Å². The fourth-order valence-electron chi connectivity index (χ4n) is 3.41. The maximum atomic E-state index is 4.13. The standard InChI is InChI=1S/C17H33N/c1-7-18-12-14-8-9-16(17(4,5)6)11-15(14)10-13(2)3/h14-16,18H,2,7-12H2,1,3-6H3. The molecule has 1 rings (SSSR count). The summed E-state index contributed by atoms with van der Waals surface area (Å²) in [5.41, 5.74) is 1.83. The monoisotopic (exact) mass is 251 g/mol. The normalized spacial score (nSPS) is 29.3. The molecule has 1 aliphatic carbocycles. The number of allylic oxidation sites excluding steroid dienone is 1. The van der Waals surface area contributed by atoms with E-state index in [4.69, 9.17) is 0 Å². The minimum absolute atomic E-state index is 0.469. The van der Waals surface area contributed by atoms with Crippen molar-refractivity contribution in [3.63, 3.8) is 0 Å². The molecule has 0 bridgehead atoms. The quantitative estimate of drug-likeness (QED) is 0.702. The summed E-state index contributed by atoms with van der Waals surface area (Å²) in [6.45, 7) is 18.0. The van der Waals surface area contributed by atoms with E-state index in [0.29, 0.717) is 5.41 Å². The smallest absolute Gasteiger partial charge is 0.00179 e. The molecule has 0 aromatic carbocycles. The van der Waals surface area contributed by atoms with E-state index < -0.39 is 0 Å². The lowest BCUT2D eigenvalue weighted by molar-refractivity contribution is 0.0974. The Labute approximate surface area is 114 Å². The van der Waals surface area contributed by atoms with Gasteiger partial charge in [-0.25, -0.2) is 0 Å². The van der Waals surface area contributed by atoms with Crippen molar-refractivity contribution in [2.24, 2.45) is 23.2 Å².